The van der Waals surface area contributed by atoms with Crippen LogP contribution in [0.5, 0.6) is 0 Å². The van der Waals surface area contributed by atoms with Gasteiger partial charge in [0.1, 0.15) is 5.82 Å². The van der Waals surface area contributed by atoms with E-state index in [0.717, 1.165) is 17.2 Å². The second kappa shape index (κ2) is 6.93. The van der Waals surface area contributed by atoms with Crippen LogP contribution in [0.3, 0.4) is 0 Å². The van der Waals surface area contributed by atoms with Gasteiger partial charge in [-0.3, -0.25) is 9.78 Å². The molecule has 0 aliphatic rings. The molecule has 0 radical (unpaired) electrons. The highest BCUT2D eigenvalue weighted by Crippen LogP contribution is 2.18. The van der Waals surface area contributed by atoms with Gasteiger partial charge in [-0.25, -0.2) is 4.98 Å². The van der Waals surface area contributed by atoms with E-state index in [9.17, 15) is 4.79 Å². The number of aromatic nitrogens is 4. The number of aryl methyl sites for hydroxylation is 4. The molecule has 0 spiro atoms. The number of hydrogen-bond donors (Lipinski definition) is 2. The van der Waals surface area contributed by atoms with Gasteiger partial charge in [0, 0.05) is 24.4 Å². The van der Waals surface area contributed by atoms with Gasteiger partial charge in [-0.15, -0.1) is 0 Å². The van der Waals surface area contributed by atoms with E-state index in [1.54, 1.807) is 4.68 Å². The van der Waals surface area contributed by atoms with Crippen LogP contribution in [0, 0.1) is 20.8 Å². The van der Waals surface area contributed by atoms with E-state index in [-0.39, 0.29) is 5.56 Å². The number of benzene rings is 1. The molecule has 3 aromatic rings. The summed E-state index contributed by atoms with van der Waals surface area (Å²) < 4.78 is 1.66. The Morgan fingerprint density at radius 1 is 1.16 bits per heavy atom. The molecule has 0 aliphatic carbocycles. The molecular formula is C19H23N5O. The van der Waals surface area contributed by atoms with Crippen LogP contribution in [0.4, 0.5) is 5.82 Å². The van der Waals surface area contributed by atoms with Crippen LogP contribution in [-0.2, 0) is 13.0 Å². The highest BCUT2D eigenvalue weighted by molar-refractivity contribution is 5.44. The lowest BCUT2D eigenvalue weighted by Crippen LogP contribution is -2.17. The summed E-state index contributed by atoms with van der Waals surface area (Å²) in [7, 11) is 0. The fourth-order valence-electron chi connectivity index (χ4n) is 2.87. The maximum Gasteiger partial charge on any atom is 0.252 e. The molecule has 0 aliphatic heterocycles. The Morgan fingerprint density at radius 2 is 1.88 bits per heavy atom. The molecule has 3 rings (SSSR count). The van der Waals surface area contributed by atoms with E-state index < -0.39 is 0 Å². The number of anilines is 1. The van der Waals surface area contributed by atoms with E-state index in [1.165, 1.54) is 22.8 Å². The van der Waals surface area contributed by atoms with Gasteiger partial charge in [-0.05, 0) is 43.9 Å². The molecule has 0 atom stereocenters. The lowest BCUT2D eigenvalue weighted by atomic mass is 10.0. The molecule has 2 N–H and O–H groups in total. The van der Waals surface area contributed by atoms with Gasteiger partial charge in [0.05, 0.1) is 5.69 Å². The average molecular weight is 337 g/mol. The smallest absolute Gasteiger partial charge is 0.252 e. The number of nitrogens with zero attached hydrogens (tertiary/aromatic N) is 3. The van der Waals surface area contributed by atoms with Gasteiger partial charge in [0.2, 0.25) is 5.95 Å². The van der Waals surface area contributed by atoms with Crippen LogP contribution in [0.1, 0.15) is 35.0 Å². The highest BCUT2D eigenvalue weighted by Gasteiger charge is 2.11. The number of nitrogens with one attached hydrogen (secondary N) is 2. The maximum atomic E-state index is 11.9. The van der Waals surface area contributed by atoms with E-state index in [2.05, 4.69) is 52.4 Å². The second-order valence-electron chi connectivity index (χ2n) is 6.22. The molecule has 1 aromatic carbocycles. The van der Waals surface area contributed by atoms with Crippen molar-refractivity contribution < 1.29 is 0 Å². The van der Waals surface area contributed by atoms with Crippen molar-refractivity contribution in [3.05, 3.63) is 68.8 Å². The van der Waals surface area contributed by atoms with Crippen LogP contribution < -0.4 is 10.9 Å². The molecule has 0 bridgehead atoms. The Bertz CT molecular complexity index is 934. The van der Waals surface area contributed by atoms with Crippen LogP contribution >= 0.6 is 0 Å². The van der Waals surface area contributed by atoms with Crippen molar-refractivity contribution in [3.8, 4) is 5.95 Å². The molecule has 0 saturated carbocycles. The summed E-state index contributed by atoms with van der Waals surface area (Å²) in [4.78, 5) is 19.1. The molecule has 25 heavy (non-hydrogen) atoms. The zero-order chi connectivity index (χ0) is 18.0. The summed E-state index contributed by atoms with van der Waals surface area (Å²) in [6.07, 6.45) is 0.697. The summed E-state index contributed by atoms with van der Waals surface area (Å²) in [5, 5.41) is 7.90. The Kier molecular flexibility index (Phi) is 4.70. The minimum atomic E-state index is -0.171. The van der Waals surface area contributed by atoms with Gasteiger partial charge in [-0.2, -0.15) is 9.78 Å². The molecule has 130 valence electrons. The Morgan fingerprint density at radius 3 is 2.56 bits per heavy atom. The molecule has 0 amide bonds. The van der Waals surface area contributed by atoms with Crippen LogP contribution in [0.15, 0.2) is 35.1 Å². The number of aromatic amines is 1. The SMILES string of the molecule is CCc1cc(=O)[nH]c(-n2nc(C)cc2NCc2c(C)cccc2C)n1. The maximum absolute atomic E-state index is 11.9. The number of H-pyrrole nitrogens is 1. The lowest BCUT2D eigenvalue weighted by Gasteiger charge is -2.13. The first-order chi connectivity index (χ1) is 12.0. The molecule has 6 nitrogen and oxygen atoms in total. The third-order valence-electron chi connectivity index (χ3n) is 4.27. The quantitative estimate of drug-likeness (QED) is 0.750. The normalized spacial score (nSPS) is 10.9. The average Bonchev–Trinajstić information content (AvgIpc) is 2.94. The van der Waals surface area contributed by atoms with E-state index in [0.29, 0.717) is 18.9 Å². The predicted octanol–water partition coefficient (Wildman–Crippen LogP) is 3.06. The second-order valence-corrected chi connectivity index (χ2v) is 6.22. The largest absolute Gasteiger partial charge is 0.366 e. The van der Waals surface area contributed by atoms with E-state index in [1.807, 2.05) is 19.9 Å². The van der Waals surface area contributed by atoms with Crippen molar-refractivity contribution in [2.75, 3.05) is 5.32 Å². The molecule has 0 unspecified atom stereocenters. The molecule has 6 heteroatoms. The fraction of sp³-hybridized carbons (Fsp3) is 0.316. The molecule has 2 aromatic heterocycles. The lowest BCUT2D eigenvalue weighted by molar-refractivity contribution is 0.777. The standard InChI is InChI=1S/C19H23N5O/c1-5-15-10-18(25)22-19(21-15)24-17(9-14(4)23-24)20-11-16-12(2)7-6-8-13(16)3/h6-10,20H,5,11H2,1-4H3,(H,21,22,25). The zero-order valence-corrected chi connectivity index (χ0v) is 15.1. The van der Waals surface area contributed by atoms with Crippen molar-refractivity contribution in [1.82, 2.24) is 19.7 Å². The zero-order valence-electron chi connectivity index (χ0n) is 15.1. The Hall–Kier alpha value is -2.89. The first-order valence-electron chi connectivity index (χ1n) is 8.44. The monoisotopic (exact) mass is 337 g/mol. The van der Waals surface area contributed by atoms with E-state index >= 15 is 0 Å². The van der Waals surface area contributed by atoms with Crippen molar-refractivity contribution in [3.63, 3.8) is 0 Å². The number of rotatable bonds is 5. The number of hydrogen-bond acceptors (Lipinski definition) is 4. The van der Waals surface area contributed by atoms with Crippen LogP contribution in [0.25, 0.3) is 5.95 Å². The van der Waals surface area contributed by atoms with E-state index in [4.69, 9.17) is 0 Å². The Labute approximate surface area is 146 Å². The van der Waals surface area contributed by atoms with Gasteiger partial charge < -0.3 is 5.32 Å². The molecular weight excluding hydrogens is 314 g/mol. The predicted molar refractivity (Wildman–Crippen MR) is 99.3 cm³/mol. The third kappa shape index (κ3) is 3.63. The molecule has 2 heterocycles. The van der Waals surface area contributed by atoms with Crippen molar-refractivity contribution in [2.24, 2.45) is 0 Å². The summed E-state index contributed by atoms with van der Waals surface area (Å²) in [6.45, 7) is 8.79. The summed E-state index contributed by atoms with van der Waals surface area (Å²) in [5.74, 6) is 1.23. The summed E-state index contributed by atoms with van der Waals surface area (Å²) in [5.41, 5.74) is 5.18. The first kappa shape index (κ1) is 17.0. The van der Waals surface area contributed by atoms with Gasteiger partial charge >= 0.3 is 0 Å². The minimum Gasteiger partial charge on any atom is -0.366 e. The van der Waals surface area contributed by atoms with Crippen molar-refractivity contribution in [1.29, 1.82) is 0 Å². The minimum absolute atomic E-state index is 0.171. The summed E-state index contributed by atoms with van der Waals surface area (Å²) >= 11 is 0. The van der Waals surface area contributed by atoms with Crippen molar-refractivity contribution in [2.45, 2.75) is 40.7 Å². The first-order valence-corrected chi connectivity index (χ1v) is 8.44. The topological polar surface area (TPSA) is 75.6 Å². The van der Waals surface area contributed by atoms with Gasteiger partial charge in [0.15, 0.2) is 0 Å². The highest BCUT2D eigenvalue weighted by atomic mass is 16.1. The van der Waals surface area contributed by atoms with Crippen molar-refractivity contribution >= 4 is 5.82 Å². The third-order valence-corrected chi connectivity index (χ3v) is 4.27. The van der Waals surface area contributed by atoms with Crippen LogP contribution in [0.2, 0.25) is 0 Å². The van der Waals surface area contributed by atoms with Gasteiger partial charge in [0.25, 0.3) is 5.56 Å². The van der Waals surface area contributed by atoms with Gasteiger partial charge in [-0.1, -0.05) is 25.1 Å². The van der Waals surface area contributed by atoms with Crippen LogP contribution in [-0.4, -0.2) is 19.7 Å². The molecule has 0 saturated heterocycles. The molecule has 0 fully saturated rings. The fourth-order valence-corrected chi connectivity index (χ4v) is 2.87. The summed E-state index contributed by atoms with van der Waals surface area (Å²) in [6, 6.07) is 9.75. The Balaban J connectivity index is 1.94.